The van der Waals surface area contributed by atoms with Gasteiger partial charge >= 0.3 is 5.69 Å². The molecule has 0 saturated carbocycles. The highest BCUT2D eigenvalue weighted by Crippen LogP contribution is 2.34. The Morgan fingerprint density at radius 1 is 1.48 bits per heavy atom. The van der Waals surface area contributed by atoms with E-state index in [-0.39, 0.29) is 17.4 Å². The zero-order chi connectivity index (χ0) is 16.4. The van der Waals surface area contributed by atoms with Crippen molar-refractivity contribution in [2.45, 2.75) is 25.7 Å². The molecule has 1 atom stereocenters. The number of hydrogen-bond acceptors (Lipinski definition) is 7. The Bertz CT molecular complexity index is 715. The number of rotatable bonds is 4. The highest BCUT2D eigenvalue weighted by atomic mass is 16.6. The van der Waals surface area contributed by atoms with E-state index in [2.05, 4.69) is 15.0 Å². The monoisotopic (exact) mass is 318 g/mol. The lowest BCUT2D eigenvalue weighted by Gasteiger charge is -2.32. The predicted molar refractivity (Wildman–Crippen MR) is 82.9 cm³/mol. The number of aromatic nitrogens is 2. The fourth-order valence-electron chi connectivity index (χ4n) is 2.91. The molecule has 8 heteroatoms. The Morgan fingerprint density at radius 2 is 2.30 bits per heavy atom. The van der Waals surface area contributed by atoms with Crippen LogP contribution in [-0.2, 0) is 0 Å². The first-order chi connectivity index (χ1) is 11.1. The maximum Gasteiger partial charge on any atom is 0.311 e. The van der Waals surface area contributed by atoms with E-state index in [1.54, 1.807) is 19.1 Å². The molecule has 1 aliphatic heterocycles. The van der Waals surface area contributed by atoms with Crippen LogP contribution in [0.4, 0.5) is 11.4 Å². The maximum atomic E-state index is 11.0. The zero-order valence-corrected chi connectivity index (χ0v) is 13.1. The Hall–Kier alpha value is -2.64. The summed E-state index contributed by atoms with van der Waals surface area (Å²) >= 11 is 0. The number of nitro benzene ring substituents is 1. The van der Waals surface area contributed by atoms with E-state index in [0.29, 0.717) is 11.7 Å². The summed E-state index contributed by atoms with van der Waals surface area (Å²) in [5, 5.41) is 14.8. The minimum atomic E-state index is -0.442. The summed E-state index contributed by atoms with van der Waals surface area (Å²) in [5.74, 6) is 1.73. The first kappa shape index (κ1) is 15.3. The second-order valence-corrected chi connectivity index (χ2v) is 5.58. The number of anilines is 1. The average molecular weight is 318 g/mol. The largest absolute Gasteiger partial charge is 0.490 e. The molecule has 3 rings (SSSR count). The van der Waals surface area contributed by atoms with Gasteiger partial charge in [0.15, 0.2) is 11.6 Å². The van der Waals surface area contributed by atoms with Gasteiger partial charge in [-0.1, -0.05) is 5.16 Å². The number of nitrogens with zero attached hydrogens (tertiary/aromatic N) is 4. The fraction of sp³-hybridized carbons (Fsp3) is 0.467. The number of aryl methyl sites for hydroxylation is 1. The number of hydrogen-bond donors (Lipinski definition) is 0. The minimum Gasteiger partial charge on any atom is -0.490 e. The standard InChI is InChI=1S/C15H18N4O4/c1-10-16-15(23-17-10)11-4-3-7-18(9-11)12-5-6-13(19(20)21)14(8-12)22-2/h5-6,8,11H,3-4,7,9H2,1-2H3. The molecule has 0 radical (unpaired) electrons. The van der Waals surface area contributed by atoms with E-state index in [9.17, 15) is 10.1 Å². The van der Waals surface area contributed by atoms with Gasteiger partial charge in [0.25, 0.3) is 0 Å². The smallest absolute Gasteiger partial charge is 0.311 e. The van der Waals surface area contributed by atoms with Gasteiger partial charge in [-0.25, -0.2) is 0 Å². The summed E-state index contributed by atoms with van der Waals surface area (Å²) in [6.45, 7) is 3.42. The molecule has 1 unspecified atom stereocenters. The quantitative estimate of drug-likeness (QED) is 0.631. The molecule has 1 fully saturated rings. The first-order valence-corrected chi connectivity index (χ1v) is 7.46. The topological polar surface area (TPSA) is 94.5 Å². The molecule has 0 aliphatic carbocycles. The van der Waals surface area contributed by atoms with Crippen molar-refractivity contribution < 1.29 is 14.2 Å². The number of nitro groups is 1. The van der Waals surface area contributed by atoms with Gasteiger partial charge in [-0.2, -0.15) is 4.98 Å². The third-order valence-corrected chi connectivity index (χ3v) is 4.04. The van der Waals surface area contributed by atoms with Crippen molar-refractivity contribution in [2.75, 3.05) is 25.1 Å². The molecule has 1 saturated heterocycles. The van der Waals surface area contributed by atoms with E-state index in [4.69, 9.17) is 9.26 Å². The van der Waals surface area contributed by atoms with Gasteiger partial charge in [-0.05, 0) is 25.8 Å². The van der Waals surface area contributed by atoms with Gasteiger partial charge < -0.3 is 14.2 Å². The predicted octanol–water partition coefficient (Wildman–Crippen LogP) is 2.68. The fourth-order valence-corrected chi connectivity index (χ4v) is 2.91. The molecule has 1 aromatic carbocycles. The molecule has 8 nitrogen and oxygen atoms in total. The number of methoxy groups -OCH3 is 1. The molecule has 0 amide bonds. The van der Waals surface area contributed by atoms with Crippen LogP contribution >= 0.6 is 0 Å². The van der Waals surface area contributed by atoms with Gasteiger partial charge in [0.05, 0.1) is 18.0 Å². The highest BCUT2D eigenvalue weighted by molar-refractivity contribution is 5.59. The van der Waals surface area contributed by atoms with Crippen LogP contribution in [0.15, 0.2) is 22.7 Å². The molecular weight excluding hydrogens is 300 g/mol. The van der Waals surface area contributed by atoms with Crippen molar-refractivity contribution in [1.29, 1.82) is 0 Å². The van der Waals surface area contributed by atoms with Crippen LogP contribution in [0.3, 0.4) is 0 Å². The molecule has 2 aromatic rings. The summed E-state index contributed by atoms with van der Waals surface area (Å²) in [5.41, 5.74) is 0.866. The van der Waals surface area contributed by atoms with Gasteiger partial charge in [0.2, 0.25) is 5.89 Å². The van der Waals surface area contributed by atoms with Crippen molar-refractivity contribution >= 4 is 11.4 Å². The minimum absolute atomic E-state index is 0.0302. The van der Waals surface area contributed by atoms with Gasteiger partial charge in [0.1, 0.15) is 0 Å². The van der Waals surface area contributed by atoms with Crippen molar-refractivity contribution in [3.63, 3.8) is 0 Å². The lowest BCUT2D eigenvalue weighted by molar-refractivity contribution is -0.385. The van der Waals surface area contributed by atoms with E-state index >= 15 is 0 Å². The third kappa shape index (κ3) is 3.10. The van der Waals surface area contributed by atoms with Crippen LogP contribution in [0.25, 0.3) is 0 Å². The van der Waals surface area contributed by atoms with Gasteiger partial charge in [0, 0.05) is 30.9 Å². The van der Waals surface area contributed by atoms with Crippen molar-refractivity contribution in [3.05, 3.63) is 40.0 Å². The van der Waals surface area contributed by atoms with Crippen LogP contribution in [0, 0.1) is 17.0 Å². The molecular formula is C15H18N4O4. The SMILES string of the molecule is COc1cc(N2CCCC(c3nc(C)no3)C2)ccc1[N+](=O)[O-]. The molecule has 0 bridgehead atoms. The van der Waals surface area contributed by atoms with Crippen LogP contribution in [0.5, 0.6) is 5.75 Å². The molecule has 0 spiro atoms. The summed E-state index contributed by atoms with van der Waals surface area (Å²) in [4.78, 5) is 17.0. The van der Waals surface area contributed by atoms with Crippen LogP contribution in [-0.4, -0.2) is 35.3 Å². The molecule has 2 heterocycles. The lowest BCUT2D eigenvalue weighted by atomic mass is 9.97. The summed E-state index contributed by atoms with van der Waals surface area (Å²) < 4.78 is 10.4. The molecule has 1 aliphatic rings. The second kappa shape index (κ2) is 6.23. The molecule has 23 heavy (non-hydrogen) atoms. The Morgan fingerprint density at radius 3 is 2.96 bits per heavy atom. The molecule has 0 N–H and O–H groups in total. The van der Waals surface area contributed by atoms with Crippen LogP contribution in [0.1, 0.15) is 30.5 Å². The van der Waals surface area contributed by atoms with Gasteiger partial charge in [-0.15, -0.1) is 0 Å². The average Bonchev–Trinajstić information content (AvgIpc) is 3.01. The third-order valence-electron chi connectivity index (χ3n) is 4.04. The second-order valence-electron chi connectivity index (χ2n) is 5.58. The van der Waals surface area contributed by atoms with Crippen molar-refractivity contribution in [1.82, 2.24) is 10.1 Å². The van der Waals surface area contributed by atoms with Crippen LogP contribution < -0.4 is 9.64 Å². The number of piperidine rings is 1. The summed E-state index contributed by atoms with van der Waals surface area (Å²) in [6.07, 6.45) is 1.98. The number of ether oxygens (including phenoxy) is 1. The lowest BCUT2D eigenvalue weighted by Crippen LogP contribution is -2.34. The normalized spacial score (nSPS) is 18.0. The highest BCUT2D eigenvalue weighted by Gasteiger charge is 2.27. The van der Waals surface area contributed by atoms with Crippen molar-refractivity contribution in [3.8, 4) is 5.75 Å². The van der Waals surface area contributed by atoms with E-state index in [1.165, 1.54) is 13.2 Å². The zero-order valence-electron chi connectivity index (χ0n) is 13.1. The van der Waals surface area contributed by atoms with Crippen LogP contribution in [0.2, 0.25) is 0 Å². The Labute approximate surface area is 133 Å². The number of benzene rings is 1. The Kier molecular flexibility index (Phi) is 4.14. The summed E-state index contributed by atoms with van der Waals surface area (Å²) in [6, 6.07) is 4.94. The van der Waals surface area contributed by atoms with Gasteiger partial charge in [-0.3, -0.25) is 10.1 Å². The maximum absolute atomic E-state index is 11.0. The Balaban J connectivity index is 1.82. The molecule has 1 aromatic heterocycles. The summed E-state index contributed by atoms with van der Waals surface area (Å²) in [7, 11) is 1.44. The molecule has 122 valence electrons. The van der Waals surface area contributed by atoms with E-state index in [1.807, 2.05) is 0 Å². The van der Waals surface area contributed by atoms with Crippen molar-refractivity contribution in [2.24, 2.45) is 0 Å². The van der Waals surface area contributed by atoms with E-state index < -0.39 is 4.92 Å². The first-order valence-electron chi connectivity index (χ1n) is 7.46. The van der Waals surface area contributed by atoms with E-state index in [0.717, 1.165) is 31.6 Å².